The fraction of sp³-hybridized carbons (Fsp3) is 0.462. The Balaban J connectivity index is 1.60. The zero-order valence-corrected chi connectivity index (χ0v) is 12.4. The number of halogens is 1. The molecule has 6 heteroatoms. The molecule has 0 amide bonds. The molecule has 0 aromatic carbocycles. The minimum absolute atomic E-state index is 0.566. The summed E-state index contributed by atoms with van der Waals surface area (Å²) < 4.78 is 2.68. The van der Waals surface area contributed by atoms with Crippen molar-refractivity contribution >= 4 is 21.7 Å². The van der Waals surface area contributed by atoms with Crippen molar-refractivity contribution in [3.05, 3.63) is 34.5 Å². The summed E-state index contributed by atoms with van der Waals surface area (Å²) in [6.45, 7) is 0.846. The normalized spacial score (nSPS) is 14.6. The lowest BCUT2D eigenvalue weighted by Crippen LogP contribution is -2.07. The second kappa shape index (κ2) is 5.28. The molecule has 5 nitrogen and oxygen atoms in total. The molecule has 0 aliphatic heterocycles. The van der Waals surface area contributed by atoms with E-state index in [1.54, 1.807) is 0 Å². The van der Waals surface area contributed by atoms with Crippen molar-refractivity contribution in [1.29, 1.82) is 0 Å². The van der Waals surface area contributed by atoms with Crippen LogP contribution in [0.3, 0.4) is 0 Å². The average Bonchev–Trinajstić information content (AvgIpc) is 3.13. The zero-order valence-electron chi connectivity index (χ0n) is 10.8. The molecule has 1 fully saturated rings. The standard InChI is InChI=1S/C13H16BrN5/c1-19-8-9(7-16-19)4-5-15-12-6-11(14)17-13(18-12)10-2-3-10/h6-8,10H,2-5H2,1H3,(H,15,17,18). The van der Waals surface area contributed by atoms with Crippen LogP contribution < -0.4 is 5.32 Å². The van der Waals surface area contributed by atoms with Gasteiger partial charge in [-0.1, -0.05) is 0 Å². The molecule has 2 aromatic heterocycles. The predicted molar refractivity (Wildman–Crippen MR) is 77.1 cm³/mol. The van der Waals surface area contributed by atoms with Gasteiger partial charge in [-0.2, -0.15) is 5.10 Å². The molecule has 0 saturated heterocycles. The highest BCUT2D eigenvalue weighted by atomic mass is 79.9. The number of aromatic nitrogens is 4. The Labute approximate surface area is 120 Å². The van der Waals surface area contributed by atoms with E-state index in [0.29, 0.717) is 5.92 Å². The van der Waals surface area contributed by atoms with Crippen LogP contribution in [-0.2, 0) is 13.5 Å². The van der Waals surface area contributed by atoms with Crippen molar-refractivity contribution in [2.75, 3.05) is 11.9 Å². The maximum absolute atomic E-state index is 4.56. The third-order valence-electron chi connectivity index (χ3n) is 3.13. The van der Waals surface area contributed by atoms with Crippen molar-refractivity contribution < 1.29 is 0 Å². The molecule has 1 aliphatic carbocycles. The Morgan fingerprint density at radius 1 is 1.42 bits per heavy atom. The quantitative estimate of drug-likeness (QED) is 0.860. The lowest BCUT2D eigenvalue weighted by Gasteiger charge is -2.07. The fourth-order valence-corrected chi connectivity index (χ4v) is 2.38. The number of nitrogens with one attached hydrogen (secondary N) is 1. The van der Waals surface area contributed by atoms with Gasteiger partial charge < -0.3 is 5.32 Å². The molecule has 1 saturated carbocycles. The van der Waals surface area contributed by atoms with Crippen LogP contribution in [0.15, 0.2) is 23.1 Å². The molecule has 19 heavy (non-hydrogen) atoms. The SMILES string of the molecule is Cn1cc(CCNc2cc(Br)nc(C3CC3)n2)cn1. The minimum atomic E-state index is 0.566. The summed E-state index contributed by atoms with van der Waals surface area (Å²) in [7, 11) is 1.93. The van der Waals surface area contributed by atoms with Gasteiger partial charge in [0, 0.05) is 31.8 Å². The Hall–Kier alpha value is -1.43. The summed E-state index contributed by atoms with van der Waals surface area (Å²) in [6, 6.07) is 1.93. The maximum Gasteiger partial charge on any atom is 0.135 e. The molecule has 0 atom stereocenters. The van der Waals surface area contributed by atoms with E-state index in [2.05, 4.69) is 36.3 Å². The van der Waals surface area contributed by atoms with Crippen molar-refractivity contribution in [2.45, 2.75) is 25.2 Å². The second-order valence-corrected chi connectivity index (χ2v) is 5.72. The average molecular weight is 322 g/mol. The Kier molecular flexibility index (Phi) is 3.50. The van der Waals surface area contributed by atoms with Gasteiger partial charge in [-0.25, -0.2) is 9.97 Å². The van der Waals surface area contributed by atoms with E-state index >= 15 is 0 Å². The molecular formula is C13H16BrN5. The van der Waals surface area contributed by atoms with E-state index < -0.39 is 0 Å². The molecule has 0 bridgehead atoms. The van der Waals surface area contributed by atoms with Crippen molar-refractivity contribution in [2.24, 2.45) is 7.05 Å². The van der Waals surface area contributed by atoms with Crippen LogP contribution in [0.4, 0.5) is 5.82 Å². The third-order valence-corrected chi connectivity index (χ3v) is 3.54. The van der Waals surface area contributed by atoms with Gasteiger partial charge >= 0.3 is 0 Å². The number of hydrogen-bond acceptors (Lipinski definition) is 4. The van der Waals surface area contributed by atoms with Gasteiger partial charge in [0.05, 0.1) is 6.20 Å². The minimum Gasteiger partial charge on any atom is -0.370 e. The van der Waals surface area contributed by atoms with Crippen LogP contribution in [0.2, 0.25) is 0 Å². The number of anilines is 1. The molecule has 0 radical (unpaired) electrons. The molecule has 3 rings (SSSR count). The number of nitrogens with zero attached hydrogens (tertiary/aromatic N) is 4. The summed E-state index contributed by atoms with van der Waals surface area (Å²) in [6.07, 6.45) is 7.30. The van der Waals surface area contributed by atoms with Gasteiger partial charge in [-0.05, 0) is 40.8 Å². The van der Waals surface area contributed by atoms with E-state index in [1.807, 2.05) is 30.2 Å². The Morgan fingerprint density at radius 3 is 2.95 bits per heavy atom. The smallest absolute Gasteiger partial charge is 0.135 e. The first kappa shape index (κ1) is 12.6. The summed E-state index contributed by atoms with van der Waals surface area (Å²) in [4.78, 5) is 8.98. The van der Waals surface area contributed by atoms with E-state index in [-0.39, 0.29) is 0 Å². The summed E-state index contributed by atoms with van der Waals surface area (Å²) in [5.74, 6) is 2.42. The Morgan fingerprint density at radius 2 is 2.26 bits per heavy atom. The zero-order chi connectivity index (χ0) is 13.2. The van der Waals surface area contributed by atoms with Crippen LogP contribution in [0.25, 0.3) is 0 Å². The number of aryl methyl sites for hydroxylation is 1. The molecule has 2 heterocycles. The first-order chi connectivity index (χ1) is 9.20. The van der Waals surface area contributed by atoms with Crippen LogP contribution in [0.5, 0.6) is 0 Å². The molecule has 100 valence electrons. The van der Waals surface area contributed by atoms with Gasteiger partial charge in [-0.15, -0.1) is 0 Å². The molecule has 0 unspecified atom stereocenters. The molecule has 0 spiro atoms. The van der Waals surface area contributed by atoms with Gasteiger partial charge in [-0.3, -0.25) is 4.68 Å². The van der Waals surface area contributed by atoms with E-state index in [9.17, 15) is 0 Å². The third kappa shape index (κ3) is 3.32. The second-order valence-electron chi connectivity index (χ2n) is 4.91. The number of hydrogen-bond donors (Lipinski definition) is 1. The summed E-state index contributed by atoms with van der Waals surface area (Å²) >= 11 is 3.44. The van der Waals surface area contributed by atoms with Crippen molar-refractivity contribution in [3.63, 3.8) is 0 Å². The lowest BCUT2D eigenvalue weighted by molar-refractivity contribution is 0.766. The maximum atomic E-state index is 4.56. The largest absolute Gasteiger partial charge is 0.370 e. The van der Waals surface area contributed by atoms with Crippen molar-refractivity contribution in [1.82, 2.24) is 19.7 Å². The Bertz CT molecular complexity index is 576. The molecule has 1 aliphatic rings. The van der Waals surface area contributed by atoms with E-state index in [0.717, 1.165) is 29.2 Å². The first-order valence-corrected chi connectivity index (χ1v) is 7.26. The van der Waals surface area contributed by atoms with Crippen LogP contribution in [-0.4, -0.2) is 26.3 Å². The summed E-state index contributed by atoms with van der Waals surface area (Å²) in [5.41, 5.74) is 1.23. The monoisotopic (exact) mass is 321 g/mol. The fourth-order valence-electron chi connectivity index (χ4n) is 1.99. The molecule has 1 N–H and O–H groups in total. The van der Waals surface area contributed by atoms with Crippen LogP contribution >= 0.6 is 15.9 Å². The highest BCUT2D eigenvalue weighted by Crippen LogP contribution is 2.38. The molecule has 2 aromatic rings. The van der Waals surface area contributed by atoms with Gasteiger partial charge in [0.25, 0.3) is 0 Å². The summed E-state index contributed by atoms with van der Waals surface area (Å²) in [5, 5.41) is 7.51. The van der Waals surface area contributed by atoms with Gasteiger partial charge in [0.2, 0.25) is 0 Å². The van der Waals surface area contributed by atoms with Gasteiger partial charge in [0.15, 0.2) is 0 Å². The predicted octanol–water partition coefficient (Wildman–Crippen LogP) is 2.50. The lowest BCUT2D eigenvalue weighted by atomic mass is 10.2. The highest BCUT2D eigenvalue weighted by Gasteiger charge is 2.27. The molecular weight excluding hydrogens is 306 g/mol. The van der Waals surface area contributed by atoms with Gasteiger partial charge in [0.1, 0.15) is 16.2 Å². The first-order valence-electron chi connectivity index (χ1n) is 6.46. The topological polar surface area (TPSA) is 55.6 Å². The van der Waals surface area contributed by atoms with Crippen LogP contribution in [0.1, 0.15) is 30.1 Å². The number of rotatable bonds is 5. The van der Waals surface area contributed by atoms with E-state index in [4.69, 9.17) is 0 Å². The van der Waals surface area contributed by atoms with E-state index in [1.165, 1.54) is 18.4 Å². The van der Waals surface area contributed by atoms with Crippen LogP contribution in [0, 0.1) is 0 Å². The highest BCUT2D eigenvalue weighted by molar-refractivity contribution is 9.10. The van der Waals surface area contributed by atoms with Crippen molar-refractivity contribution in [3.8, 4) is 0 Å².